The number of carbonyl (C=O) groups excluding carboxylic acids is 1. The van der Waals surface area contributed by atoms with Crippen LogP contribution in [-0.4, -0.2) is 23.5 Å². The Labute approximate surface area is 235 Å². The lowest BCUT2D eigenvalue weighted by molar-refractivity contribution is -0.137. The van der Waals surface area contributed by atoms with Gasteiger partial charge in [0.05, 0.1) is 17.2 Å². The Balaban J connectivity index is 1.52. The summed E-state index contributed by atoms with van der Waals surface area (Å²) in [6, 6.07) is 18.5. The Hall–Kier alpha value is -3.03. The number of ether oxygens (including phenoxy) is 1. The second-order valence-electron chi connectivity index (χ2n) is 9.80. The first-order chi connectivity index (χ1) is 18.8. The van der Waals surface area contributed by atoms with Crippen molar-refractivity contribution >= 4 is 38.9 Å². The Kier molecular flexibility index (Phi) is 8.19. The van der Waals surface area contributed by atoms with Gasteiger partial charge in [-0.05, 0) is 61.2 Å². The number of amides is 1. The van der Waals surface area contributed by atoms with Gasteiger partial charge in [-0.15, -0.1) is 11.3 Å². The third-order valence-corrected chi connectivity index (χ3v) is 8.92. The highest BCUT2D eigenvalue weighted by molar-refractivity contribution is 7.21. The van der Waals surface area contributed by atoms with E-state index >= 15 is 0 Å². The molecule has 1 heterocycles. The van der Waals surface area contributed by atoms with Crippen molar-refractivity contribution in [1.29, 1.82) is 0 Å². The van der Waals surface area contributed by atoms with E-state index in [9.17, 15) is 18.0 Å². The number of benzene rings is 3. The van der Waals surface area contributed by atoms with Crippen LogP contribution in [0.4, 0.5) is 13.2 Å². The highest BCUT2D eigenvalue weighted by Crippen LogP contribution is 2.38. The molecule has 0 saturated heterocycles. The van der Waals surface area contributed by atoms with Crippen LogP contribution in [0.1, 0.15) is 59.8 Å². The van der Waals surface area contributed by atoms with Gasteiger partial charge in [0.1, 0.15) is 10.6 Å². The van der Waals surface area contributed by atoms with E-state index in [4.69, 9.17) is 16.3 Å². The molecule has 1 aliphatic carbocycles. The van der Waals surface area contributed by atoms with Gasteiger partial charge < -0.3 is 9.64 Å². The zero-order chi connectivity index (χ0) is 27.6. The summed E-state index contributed by atoms with van der Waals surface area (Å²) in [6.07, 6.45) is 0.692. The quantitative estimate of drug-likeness (QED) is 0.221. The third kappa shape index (κ3) is 5.94. The summed E-state index contributed by atoms with van der Waals surface area (Å²) in [5.74, 6) is 0.555. The van der Waals surface area contributed by atoms with Crippen molar-refractivity contribution < 1.29 is 22.7 Å². The number of thiophene rings is 1. The lowest BCUT2D eigenvalue weighted by Gasteiger charge is -2.35. The maximum absolute atomic E-state index is 14.1. The zero-order valence-electron chi connectivity index (χ0n) is 21.6. The molecule has 0 aliphatic heterocycles. The van der Waals surface area contributed by atoms with Crippen molar-refractivity contribution in [1.82, 2.24) is 4.90 Å². The van der Waals surface area contributed by atoms with E-state index in [2.05, 4.69) is 0 Å². The standard InChI is InChI=1S/C31H29ClF3NO2S/c1-2-38-26-17-14-21(20-12-15-23(16-13-20)31(33,34)35)18-22(26)19-36(24-8-4-3-5-9-24)30(37)29-28(32)25-10-6-7-11-27(25)39-29/h6-7,10-18,24H,2-5,8-9,19H2,1H3. The largest absolute Gasteiger partial charge is 0.494 e. The van der Waals surface area contributed by atoms with Gasteiger partial charge in [-0.1, -0.05) is 67.3 Å². The summed E-state index contributed by atoms with van der Waals surface area (Å²) in [6.45, 7) is 2.67. The Morgan fingerprint density at radius 1 is 1.00 bits per heavy atom. The number of hydrogen-bond donors (Lipinski definition) is 0. The van der Waals surface area contributed by atoms with Crippen LogP contribution in [0.15, 0.2) is 66.7 Å². The van der Waals surface area contributed by atoms with Crippen LogP contribution in [0.2, 0.25) is 5.02 Å². The molecule has 4 aromatic rings. The van der Waals surface area contributed by atoms with Crippen molar-refractivity contribution in [3.8, 4) is 16.9 Å². The van der Waals surface area contributed by atoms with E-state index in [0.29, 0.717) is 34.4 Å². The number of halogens is 4. The molecule has 0 spiro atoms. The van der Waals surface area contributed by atoms with Crippen LogP contribution in [-0.2, 0) is 12.7 Å². The highest BCUT2D eigenvalue weighted by atomic mass is 35.5. The maximum atomic E-state index is 14.1. The van der Waals surface area contributed by atoms with Crippen molar-refractivity contribution in [3.63, 3.8) is 0 Å². The lowest BCUT2D eigenvalue weighted by atomic mass is 9.93. The topological polar surface area (TPSA) is 29.5 Å². The van der Waals surface area contributed by atoms with E-state index in [0.717, 1.165) is 65.4 Å². The first-order valence-corrected chi connectivity index (χ1v) is 14.4. The molecule has 1 aliphatic rings. The first-order valence-electron chi connectivity index (χ1n) is 13.2. The Morgan fingerprint density at radius 3 is 2.36 bits per heavy atom. The molecule has 0 N–H and O–H groups in total. The minimum Gasteiger partial charge on any atom is -0.494 e. The fraction of sp³-hybridized carbons (Fsp3) is 0.323. The van der Waals surface area contributed by atoms with Gasteiger partial charge in [0.15, 0.2) is 0 Å². The summed E-state index contributed by atoms with van der Waals surface area (Å²) in [7, 11) is 0. The van der Waals surface area contributed by atoms with Crippen molar-refractivity contribution in [2.75, 3.05) is 6.61 Å². The number of hydrogen-bond acceptors (Lipinski definition) is 3. The molecular formula is C31H29ClF3NO2S. The smallest absolute Gasteiger partial charge is 0.416 e. The molecule has 3 aromatic carbocycles. The predicted octanol–water partition coefficient (Wildman–Crippen LogP) is 9.61. The van der Waals surface area contributed by atoms with Gasteiger partial charge in [0.25, 0.3) is 5.91 Å². The second-order valence-corrected chi connectivity index (χ2v) is 11.2. The van der Waals surface area contributed by atoms with Gasteiger partial charge in [0, 0.05) is 28.2 Å². The maximum Gasteiger partial charge on any atom is 0.416 e. The van der Waals surface area contributed by atoms with Gasteiger partial charge in [-0.3, -0.25) is 4.79 Å². The molecule has 204 valence electrons. The van der Waals surface area contributed by atoms with Crippen molar-refractivity contribution in [2.24, 2.45) is 0 Å². The molecular weight excluding hydrogens is 543 g/mol. The van der Waals surface area contributed by atoms with Gasteiger partial charge in [-0.25, -0.2) is 0 Å². The molecule has 1 aromatic heterocycles. The number of fused-ring (bicyclic) bond motifs is 1. The van der Waals surface area contributed by atoms with Crippen LogP contribution < -0.4 is 4.74 Å². The minimum absolute atomic E-state index is 0.0664. The summed E-state index contributed by atoms with van der Waals surface area (Å²) in [5, 5.41) is 1.35. The summed E-state index contributed by atoms with van der Waals surface area (Å²) >= 11 is 8.13. The van der Waals surface area contributed by atoms with Crippen LogP contribution in [0, 0.1) is 0 Å². The molecule has 1 amide bonds. The van der Waals surface area contributed by atoms with Crippen molar-refractivity contribution in [3.05, 3.63) is 87.8 Å². The molecule has 5 rings (SSSR count). The van der Waals surface area contributed by atoms with E-state index < -0.39 is 11.7 Å². The molecule has 1 saturated carbocycles. The molecule has 0 atom stereocenters. The summed E-state index contributed by atoms with van der Waals surface area (Å²) < 4.78 is 46.2. The first kappa shape index (κ1) is 27.5. The highest BCUT2D eigenvalue weighted by Gasteiger charge is 2.31. The summed E-state index contributed by atoms with van der Waals surface area (Å²) in [5.41, 5.74) is 1.55. The van der Waals surface area contributed by atoms with E-state index in [1.807, 2.05) is 54.3 Å². The fourth-order valence-corrected chi connectivity index (χ4v) is 6.72. The van der Waals surface area contributed by atoms with Crippen LogP contribution in [0.5, 0.6) is 5.75 Å². The van der Waals surface area contributed by atoms with Gasteiger partial charge in [0.2, 0.25) is 0 Å². The molecule has 8 heteroatoms. The number of rotatable bonds is 7. The van der Waals surface area contributed by atoms with Gasteiger partial charge in [-0.2, -0.15) is 13.2 Å². The average Bonchev–Trinajstić information content (AvgIpc) is 3.28. The SMILES string of the molecule is CCOc1ccc(-c2ccc(C(F)(F)F)cc2)cc1CN(C(=O)c1sc2ccccc2c1Cl)C1CCCCC1. The Bertz CT molecular complexity index is 1460. The minimum atomic E-state index is -4.39. The molecule has 0 unspecified atom stereocenters. The molecule has 0 bridgehead atoms. The monoisotopic (exact) mass is 571 g/mol. The van der Waals surface area contributed by atoms with Crippen LogP contribution in [0.3, 0.4) is 0 Å². The third-order valence-electron chi connectivity index (χ3n) is 7.25. The number of nitrogens with zero attached hydrogens (tertiary/aromatic N) is 1. The van der Waals surface area contributed by atoms with E-state index in [1.54, 1.807) is 0 Å². The fourth-order valence-electron chi connectivity index (χ4n) is 5.26. The van der Waals surface area contributed by atoms with Crippen molar-refractivity contribution in [2.45, 2.75) is 57.8 Å². The number of carbonyl (C=O) groups is 1. The lowest BCUT2D eigenvalue weighted by Crippen LogP contribution is -2.40. The van der Waals surface area contributed by atoms with Gasteiger partial charge >= 0.3 is 6.18 Å². The predicted molar refractivity (Wildman–Crippen MR) is 152 cm³/mol. The summed E-state index contributed by atoms with van der Waals surface area (Å²) in [4.78, 5) is 16.5. The van der Waals surface area contributed by atoms with E-state index in [1.165, 1.54) is 23.5 Å². The molecule has 1 fully saturated rings. The molecule has 3 nitrogen and oxygen atoms in total. The zero-order valence-corrected chi connectivity index (χ0v) is 23.1. The second kappa shape index (κ2) is 11.6. The normalized spacial score (nSPS) is 14.5. The molecule has 0 radical (unpaired) electrons. The van der Waals surface area contributed by atoms with Crippen LogP contribution in [0.25, 0.3) is 21.2 Å². The Morgan fingerprint density at radius 2 is 1.69 bits per heavy atom. The van der Waals surface area contributed by atoms with E-state index in [-0.39, 0.29) is 11.9 Å². The molecule has 39 heavy (non-hydrogen) atoms. The average molecular weight is 572 g/mol. The number of alkyl halides is 3. The van der Waals surface area contributed by atoms with Crippen LogP contribution >= 0.6 is 22.9 Å².